The zero-order chi connectivity index (χ0) is 20.4. The summed E-state index contributed by atoms with van der Waals surface area (Å²) in [5.41, 5.74) is 2.93. The highest BCUT2D eigenvalue weighted by Crippen LogP contribution is 2.34. The predicted octanol–water partition coefficient (Wildman–Crippen LogP) is 3.28. The number of benzene rings is 1. The molecule has 6 nitrogen and oxygen atoms in total. The summed E-state index contributed by atoms with van der Waals surface area (Å²) < 4.78 is 10.6. The number of thiophene rings is 1. The standard InChI is InChI=1S/C22H26N2O4S/c1-14-11-17(27-2)4-5-18(14)23-21(25)15-3-6-19-16(12-15)13-20(29-19)22(26)24-7-9-28-10-8-24/h4-5,11,13,15H,3,6-10,12H2,1-2H3,(H,23,25)/t15-/m1/s1. The summed E-state index contributed by atoms with van der Waals surface area (Å²) in [6.45, 7) is 4.45. The van der Waals surface area contributed by atoms with Gasteiger partial charge in [-0.15, -0.1) is 11.3 Å². The molecule has 2 amide bonds. The van der Waals surface area contributed by atoms with Crippen LogP contribution in [0, 0.1) is 12.8 Å². The number of hydrogen-bond donors (Lipinski definition) is 1. The van der Waals surface area contributed by atoms with Gasteiger partial charge in [-0.25, -0.2) is 0 Å². The van der Waals surface area contributed by atoms with E-state index in [-0.39, 0.29) is 17.7 Å². The van der Waals surface area contributed by atoms with Crippen molar-refractivity contribution in [1.29, 1.82) is 0 Å². The van der Waals surface area contributed by atoms with Crippen LogP contribution in [0.4, 0.5) is 5.69 Å². The van der Waals surface area contributed by atoms with Crippen molar-refractivity contribution >= 4 is 28.8 Å². The van der Waals surface area contributed by atoms with Crippen LogP contribution >= 0.6 is 11.3 Å². The van der Waals surface area contributed by atoms with E-state index in [9.17, 15) is 9.59 Å². The Kier molecular flexibility index (Phi) is 5.87. The van der Waals surface area contributed by atoms with Crippen molar-refractivity contribution in [2.24, 2.45) is 5.92 Å². The first-order valence-electron chi connectivity index (χ1n) is 9.99. The molecule has 7 heteroatoms. The average molecular weight is 415 g/mol. The molecule has 0 saturated carbocycles. The number of anilines is 1. The molecule has 2 aromatic rings. The number of morpholine rings is 1. The first kappa shape index (κ1) is 19.9. The highest BCUT2D eigenvalue weighted by molar-refractivity contribution is 7.14. The van der Waals surface area contributed by atoms with Crippen LogP contribution in [-0.4, -0.2) is 50.1 Å². The predicted molar refractivity (Wildman–Crippen MR) is 113 cm³/mol. The Morgan fingerprint density at radius 3 is 2.76 bits per heavy atom. The fourth-order valence-electron chi connectivity index (χ4n) is 3.91. The Morgan fingerprint density at radius 1 is 1.24 bits per heavy atom. The fourth-order valence-corrected chi connectivity index (χ4v) is 5.09. The number of carbonyl (C=O) groups is 2. The van der Waals surface area contributed by atoms with Gasteiger partial charge in [0.1, 0.15) is 5.75 Å². The van der Waals surface area contributed by atoms with Gasteiger partial charge in [-0.2, -0.15) is 0 Å². The molecule has 1 aliphatic heterocycles. The normalized spacial score (nSPS) is 18.8. The second-order valence-electron chi connectivity index (χ2n) is 7.57. The number of amides is 2. The summed E-state index contributed by atoms with van der Waals surface area (Å²) in [6.07, 6.45) is 2.33. The van der Waals surface area contributed by atoms with Gasteiger partial charge in [0, 0.05) is 29.6 Å². The molecule has 0 unspecified atom stereocenters. The van der Waals surface area contributed by atoms with Crippen LogP contribution in [0.2, 0.25) is 0 Å². The smallest absolute Gasteiger partial charge is 0.264 e. The van der Waals surface area contributed by atoms with E-state index >= 15 is 0 Å². The average Bonchev–Trinajstić information content (AvgIpc) is 3.18. The topological polar surface area (TPSA) is 67.9 Å². The quantitative estimate of drug-likeness (QED) is 0.834. The van der Waals surface area contributed by atoms with Crippen molar-refractivity contribution in [2.75, 3.05) is 38.7 Å². The third kappa shape index (κ3) is 4.31. The molecule has 0 spiro atoms. The number of ether oxygens (including phenoxy) is 2. The molecule has 29 heavy (non-hydrogen) atoms. The number of aryl methyl sites for hydroxylation is 2. The van der Waals surface area contributed by atoms with Crippen LogP contribution in [0.3, 0.4) is 0 Å². The maximum Gasteiger partial charge on any atom is 0.264 e. The third-order valence-electron chi connectivity index (χ3n) is 5.65. The Bertz CT molecular complexity index is 918. The first-order chi connectivity index (χ1) is 14.0. The number of hydrogen-bond acceptors (Lipinski definition) is 5. The summed E-state index contributed by atoms with van der Waals surface area (Å²) in [5.74, 6) is 0.821. The first-order valence-corrected chi connectivity index (χ1v) is 10.8. The van der Waals surface area contributed by atoms with E-state index in [1.54, 1.807) is 18.4 Å². The van der Waals surface area contributed by atoms with E-state index in [4.69, 9.17) is 9.47 Å². The van der Waals surface area contributed by atoms with Crippen LogP contribution in [0.5, 0.6) is 5.75 Å². The van der Waals surface area contributed by atoms with Crippen molar-refractivity contribution in [3.05, 3.63) is 45.1 Å². The van der Waals surface area contributed by atoms with Crippen LogP contribution < -0.4 is 10.1 Å². The lowest BCUT2D eigenvalue weighted by atomic mass is 9.87. The maximum absolute atomic E-state index is 12.8. The van der Waals surface area contributed by atoms with Gasteiger partial charge in [0.05, 0.1) is 25.2 Å². The highest BCUT2D eigenvalue weighted by Gasteiger charge is 2.29. The van der Waals surface area contributed by atoms with Crippen LogP contribution in [-0.2, 0) is 22.4 Å². The minimum atomic E-state index is -0.0788. The van der Waals surface area contributed by atoms with E-state index in [0.29, 0.717) is 32.7 Å². The van der Waals surface area contributed by atoms with Crippen LogP contribution in [0.25, 0.3) is 0 Å². The lowest BCUT2D eigenvalue weighted by Crippen LogP contribution is -2.40. The van der Waals surface area contributed by atoms with Gasteiger partial charge in [-0.05, 0) is 61.6 Å². The Labute approximate surface area is 174 Å². The minimum absolute atomic E-state index is 0.0381. The zero-order valence-electron chi connectivity index (χ0n) is 16.8. The zero-order valence-corrected chi connectivity index (χ0v) is 17.6. The number of nitrogens with one attached hydrogen (secondary N) is 1. The van der Waals surface area contributed by atoms with Crippen molar-refractivity contribution < 1.29 is 19.1 Å². The summed E-state index contributed by atoms with van der Waals surface area (Å²) in [4.78, 5) is 29.5. The van der Waals surface area contributed by atoms with Gasteiger partial charge in [0.15, 0.2) is 0 Å². The second-order valence-corrected chi connectivity index (χ2v) is 8.71. The van der Waals surface area contributed by atoms with Gasteiger partial charge in [0.25, 0.3) is 5.91 Å². The third-order valence-corrected chi connectivity index (χ3v) is 6.88. The Balaban J connectivity index is 1.42. The molecule has 1 N–H and O–H groups in total. The molecule has 4 rings (SSSR count). The highest BCUT2D eigenvalue weighted by atomic mass is 32.1. The molecule has 1 aromatic carbocycles. The lowest BCUT2D eigenvalue weighted by molar-refractivity contribution is -0.120. The molecule has 1 fully saturated rings. The maximum atomic E-state index is 12.8. The molecular weight excluding hydrogens is 388 g/mol. The summed E-state index contributed by atoms with van der Waals surface area (Å²) in [5, 5.41) is 3.06. The number of nitrogens with zero attached hydrogens (tertiary/aromatic N) is 1. The van der Waals surface area contributed by atoms with E-state index in [1.807, 2.05) is 36.1 Å². The van der Waals surface area contributed by atoms with Crippen LogP contribution in [0.1, 0.15) is 32.1 Å². The molecule has 2 aliphatic rings. The van der Waals surface area contributed by atoms with Gasteiger partial charge >= 0.3 is 0 Å². The van der Waals surface area contributed by atoms with E-state index in [2.05, 4.69) is 5.32 Å². The molecule has 0 radical (unpaired) electrons. The van der Waals surface area contributed by atoms with E-state index < -0.39 is 0 Å². The fraction of sp³-hybridized carbons (Fsp3) is 0.455. The molecular formula is C22H26N2O4S. The molecule has 0 bridgehead atoms. The van der Waals surface area contributed by atoms with Crippen molar-refractivity contribution in [3.63, 3.8) is 0 Å². The number of fused-ring (bicyclic) bond motifs is 1. The van der Waals surface area contributed by atoms with Crippen LogP contribution in [0.15, 0.2) is 24.3 Å². The second kappa shape index (κ2) is 8.55. The molecule has 2 heterocycles. The lowest BCUT2D eigenvalue weighted by Gasteiger charge is -2.26. The Morgan fingerprint density at radius 2 is 2.03 bits per heavy atom. The molecule has 154 valence electrons. The van der Waals surface area contributed by atoms with Gasteiger partial charge in [-0.3, -0.25) is 9.59 Å². The summed E-state index contributed by atoms with van der Waals surface area (Å²) in [7, 11) is 1.63. The van der Waals surface area contributed by atoms with E-state index in [0.717, 1.165) is 40.3 Å². The molecule has 1 aliphatic carbocycles. The van der Waals surface area contributed by atoms with Crippen molar-refractivity contribution in [2.45, 2.75) is 26.2 Å². The largest absolute Gasteiger partial charge is 0.497 e. The SMILES string of the molecule is COc1ccc(NC(=O)[C@@H]2CCc3sc(C(=O)N4CCOCC4)cc3C2)c(C)c1. The van der Waals surface area contributed by atoms with Gasteiger partial charge < -0.3 is 19.7 Å². The van der Waals surface area contributed by atoms with E-state index in [1.165, 1.54) is 4.88 Å². The summed E-state index contributed by atoms with van der Waals surface area (Å²) >= 11 is 1.58. The molecule has 1 saturated heterocycles. The monoisotopic (exact) mass is 414 g/mol. The number of carbonyl (C=O) groups excluding carboxylic acids is 2. The van der Waals surface area contributed by atoms with Gasteiger partial charge in [0.2, 0.25) is 5.91 Å². The van der Waals surface area contributed by atoms with Crippen molar-refractivity contribution in [3.8, 4) is 5.75 Å². The Hall–Kier alpha value is -2.38. The minimum Gasteiger partial charge on any atom is -0.497 e. The number of rotatable bonds is 4. The summed E-state index contributed by atoms with van der Waals surface area (Å²) in [6, 6.07) is 7.64. The number of methoxy groups -OCH3 is 1. The molecule has 1 atom stereocenters. The molecule has 1 aromatic heterocycles. The van der Waals surface area contributed by atoms with Gasteiger partial charge in [-0.1, -0.05) is 0 Å². The van der Waals surface area contributed by atoms with Crippen molar-refractivity contribution in [1.82, 2.24) is 4.90 Å².